The lowest BCUT2D eigenvalue weighted by molar-refractivity contribution is -0.0804. The molecule has 5 heteroatoms. The van der Waals surface area contributed by atoms with Crippen LogP contribution in [-0.4, -0.2) is 17.5 Å². The quantitative estimate of drug-likeness (QED) is 0.253. The molecular formula is C29H44N2O3. The maximum atomic E-state index is 10.8. The SMILES string of the molecule is CCCc1cc(N)ccc1OC(O)C1CCC(C(CC)Oc2ccc(C(C)CC)cc2N)CC1. The zero-order valence-electron chi connectivity index (χ0n) is 21.4. The number of aliphatic hydroxyl groups excluding tert-OH is 1. The van der Waals surface area contributed by atoms with Gasteiger partial charge in [0.2, 0.25) is 0 Å². The van der Waals surface area contributed by atoms with E-state index in [1.54, 1.807) is 0 Å². The summed E-state index contributed by atoms with van der Waals surface area (Å²) < 4.78 is 12.4. The van der Waals surface area contributed by atoms with E-state index in [2.05, 4.69) is 39.8 Å². The minimum absolute atomic E-state index is 0.126. The van der Waals surface area contributed by atoms with Crippen LogP contribution in [0.1, 0.15) is 89.7 Å². The summed E-state index contributed by atoms with van der Waals surface area (Å²) in [6, 6.07) is 11.9. The van der Waals surface area contributed by atoms with Crippen LogP contribution in [0.5, 0.6) is 11.5 Å². The summed E-state index contributed by atoms with van der Waals surface area (Å²) in [7, 11) is 0. The van der Waals surface area contributed by atoms with Gasteiger partial charge in [0.15, 0.2) is 6.29 Å². The molecule has 1 aliphatic carbocycles. The Morgan fingerprint density at radius 1 is 0.882 bits per heavy atom. The molecule has 188 valence electrons. The number of ether oxygens (including phenoxy) is 2. The number of aryl methyl sites for hydroxylation is 1. The van der Waals surface area contributed by atoms with Crippen molar-refractivity contribution in [2.24, 2.45) is 11.8 Å². The third-order valence-electron chi connectivity index (χ3n) is 7.49. The Labute approximate surface area is 205 Å². The van der Waals surface area contributed by atoms with Gasteiger partial charge in [-0.3, -0.25) is 0 Å². The van der Waals surface area contributed by atoms with Crippen LogP contribution in [0.3, 0.4) is 0 Å². The Morgan fingerprint density at radius 3 is 2.18 bits per heavy atom. The minimum Gasteiger partial charge on any atom is -0.488 e. The van der Waals surface area contributed by atoms with Crippen molar-refractivity contribution in [2.75, 3.05) is 11.5 Å². The molecule has 0 spiro atoms. The second kappa shape index (κ2) is 12.3. The van der Waals surface area contributed by atoms with Gasteiger partial charge in [0.25, 0.3) is 0 Å². The first-order valence-corrected chi connectivity index (χ1v) is 13.1. The van der Waals surface area contributed by atoms with Crippen LogP contribution in [0.2, 0.25) is 0 Å². The fraction of sp³-hybridized carbons (Fsp3) is 0.586. The van der Waals surface area contributed by atoms with Crippen LogP contribution >= 0.6 is 0 Å². The number of anilines is 2. The second-order valence-corrected chi connectivity index (χ2v) is 9.97. The fourth-order valence-electron chi connectivity index (χ4n) is 5.10. The zero-order chi connectivity index (χ0) is 24.7. The predicted molar refractivity (Wildman–Crippen MR) is 141 cm³/mol. The lowest BCUT2D eigenvalue weighted by Crippen LogP contribution is -2.35. The van der Waals surface area contributed by atoms with Crippen molar-refractivity contribution in [3.05, 3.63) is 47.5 Å². The highest BCUT2D eigenvalue weighted by Crippen LogP contribution is 2.37. The fourth-order valence-corrected chi connectivity index (χ4v) is 5.10. The number of benzene rings is 2. The Kier molecular flexibility index (Phi) is 9.52. The first-order chi connectivity index (χ1) is 16.4. The van der Waals surface area contributed by atoms with E-state index in [0.29, 0.717) is 11.8 Å². The maximum absolute atomic E-state index is 10.8. The lowest BCUT2D eigenvalue weighted by atomic mass is 9.78. The molecule has 0 bridgehead atoms. The van der Waals surface area contributed by atoms with E-state index in [-0.39, 0.29) is 12.0 Å². The Morgan fingerprint density at radius 2 is 1.56 bits per heavy atom. The Bertz CT molecular complexity index is 908. The van der Waals surface area contributed by atoms with Gasteiger partial charge in [-0.1, -0.05) is 40.2 Å². The molecule has 3 unspecified atom stereocenters. The molecule has 5 nitrogen and oxygen atoms in total. The van der Waals surface area contributed by atoms with Crippen molar-refractivity contribution in [3.63, 3.8) is 0 Å². The van der Waals surface area contributed by atoms with Gasteiger partial charge in [-0.2, -0.15) is 0 Å². The van der Waals surface area contributed by atoms with Crippen LogP contribution in [-0.2, 0) is 6.42 Å². The van der Waals surface area contributed by atoms with Crippen molar-refractivity contribution in [3.8, 4) is 11.5 Å². The Balaban J connectivity index is 1.57. The normalized spacial score (nSPS) is 21.0. The first-order valence-electron chi connectivity index (χ1n) is 13.1. The standard InChI is InChI=1S/C29H44N2O3/c1-5-8-23-17-24(30)14-16-27(23)34-29(32)21-11-9-20(10-12-21)26(7-3)33-28-15-13-22(18-25(28)31)19(4)6-2/h13-21,26,29,32H,5-12,30-31H2,1-4H3. The summed E-state index contributed by atoms with van der Waals surface area (Å²) in [5.41, 5.74) is 16.1. The largest absolute Gasteiger partial charge is 0.488 e. The summed E-state index contributed by atoms with van der Waals surface area (Å²) in [5, 5.41) is 10.8. The summed E-state index contributed by atoms with van der Waals surface area (Å²) >= 11 is 0. The van der Waals surface area contributed by atoms with Gasteiger partial charge in [-0.15, -0.1) is 0 Å². The summed E-state index contributed by atoms with van der Waals surface area (Å²) in [6.07, 6.45) is 7.12. The number of hydrogen-bond donors (Lipinski definition) is 3. The lowest BCUT2D eigenvalue weighted by Gasteiger charge is -2.35. The summed E-state index contributed by atoms with van der Waals surface area (Å²) in [5.74, 6) is 2.61. The molecule has 0 saturated heterocycles. The van der Waals surface area contributed by atoms with Crippen LogP contribution in [0, 0.1) is 11.8 Å². The van der Waals surface area contributed by atoms with Crippen molar-refractivity contribution in [1.82, 2.24) is 0 Å². The van der Waals surface area contributed by atoms with Gasteiger partial charge < -0.3 is 26.0 Å². The average Bonchev–Trinajstić information content (AvgIpc) is 2.84. The number of nitrogen functional groups attached to an aromatic ring is 2. The van der Waals surface area contributed by atoms with Gasteiger partial charge in [-0.25, -0.2) is 0 Å². The molecular weight excluding hydrogens is 424 g/mol. The van der Waals surface area contributed by atoms with E-state index in [1.165, 1.54) is 5.56 Å². The number of aliphatic hydroxyl groups is 1. The molecule has 5 N–H and O–H groups in total. The highest BCUT2D eigenvalue weighted by molar-refractivity contribution is 5.55. The third-order valence-corrected chi connectivity index (χ3v) is 7.49. The molecule has 1 saturated carbocycles. The Hall–Kier alpha value is -2.40. The van der Waals surface area contributed by atoms with Gasteiger partial charge in [0, 0.05) is 11.6 Å². The monoisotopic (exact) mass is 468 g/mol. The average molecular weight is 469 g/mol. The minimum atomic E-state index is -0.801. The van der Waals surface area contributed by atoms with Crippen molar-refractivity contribution >= 4 is 11.4 Å². The van der Waals surface area contributed by atoms with Crippen molar-refractivity contribution < 1.29 is 14.6 Å². The van der Waals surface area contributed by atoms with Crippen LogP contribution < -0.4 is 20.9 Å². The van der Waals surface area contributed by atoms with E-state index >= 15 is 0 Å². The topological polar surface area (TPSA) is 90.7 Å². The molecule has 1 fully saturated rings. The molecule has 3 atom stereocenters. The van der Waals surface area contributed by atoms with Gasteiger partial charge in [0.1, 0.15) is 17.6 Å². The molecule has 0 radical (unpaired) electrons. The molecule has 3 rings (SSSR count). The molecule has 2 aromatic rings. The zero-order valence-corrected chi connectivity index (χ0v) is 21.4. The summed E-state index contributed by atoms with van der Waals surface area (Å²) in [4.78, 5) is 0. The van der Waals surface area contributed by atoms with Crippen molar-refractivity contribution in [2.45, 2.75) is 97.4 Å². The number of nitrogens with two attached hydrogens (primary N) is 2. The maximum Gasteiger partial charge on any atom is 0.200 e. The van der Waals surface area contributed by atoms with Crippen LogP contribution in [0.4, 0.5) is 11.4 Å². The van der Waals surface area contributed by atoms with E-state index < -0.39 is 6.29 Å². The van der Waals surface area contributed by atoms with Gasteiger partial charge >= 0.3 is 0 Å². The molecule has 0 amide bonds. The predicted octanol–water partition coefficient (Wildman–Crippen LogP) is 6.68. The molecule has 0 aliphatic heterocycles. The highest BCUT2D eigenvalue weighted by atomic mass is 16.6. The number of hydrogen-bond acceptors (Lipinski definition) is 5. The van der Waals surface area contributed by atoms with Gasteiger partial charge in [0.05, 0.1) is 5.69 Å². The van der Waals surface area contributed by atoms with E-state index in [0.717, 1.165) is 79.8 Å². The molecule has 0 aromatic heterocycles. The molecule has 2 aromatic carbocycles. The van der Waals surface area contributed by atoms with E-state index in [9.17, 15) is 5.11 Å². The van der Waals surface area contributed by atoms with Crippen molar-refractivity contribution in [1.29, 1.82) is 0 Å². The molecule has 34 heavy (non-hydrogen) atoms. The molecule has 1 aliphatic rings. The number of rotatable bonds is 11. The molecule has 0 heterocycles. The van der Waals surface area contributed by atoms with E-state index in [4.69, 9.17) is 20.9 Å². The van der Waals surface area contributed by atoms with Crippen LogP contribution in [0.15, 0.2) is 36.4 Å². The summed E-state index contributed by atoms with van der Waals surface area (Å²) in [6.45, 7) is 8.72. The third kappa shape index (κ3) is 6.59. The first kappa shape index (κ1) is 26.2. The second-order valence-electron chi connectivity index (χ2n) is 9.97. The smallest absolute Gasteiger partial charge is 0.200 e. The van der Waals surface area contributed by atoms with Gasteiger partial charge in [-0.05, 0) is 98.2 Å². The van der Waals surface area contributed by atoms with Crippen LogP contribution in [0.25, 0.3) is 0 Å². The van der Waals surface area contributed by atoms with E-state index in [1.807, 2.05) is 24.3 Å². The highest BCUT2D eigenvalue weighted by Gasteiger charge is 2.32.